The third kappa shape index (κ3) is 3.79. The van der Waals surface area contributed by atoms with Crippen LogP contribution in [0, 0.1) is 5.41 Å². The van der Waals surface area contributed by atoms with Gasteiger partial charge < -0.3 is 9.84 Å². The van der Waals surface area contributed by atoms with E-state index in [2.05, 4.69) is 4.98 Å². The minimum Gasteiger partial charge on any atom is -0.480 e. The van der Waals surface area contributed by atoms with Crippen molar-refractivity contribution in [1.29, 1.82) is 0 Å². The van der Waals surface area contributed by atoms with Gasteiger partial charge in [-0.1, -0.05) is 19.4 Å². The van der Waals surface area contributed by atoms with E-state index in [1.54, 1.807) is 25.4 Å². The molecule has 1 unspecified atom stereocenters. The Morgan fingerprint density at radius 3 is 2.60 bits per heavy atom. The van der Waals surface area contributed by atoms with Crippen molar-refractivity contribution in [2.24, 2.45) is 5.41 Å². The molecule has 0 amide bonds. The summed E-state index contributed by atoms with van der Waals surface area (Å²) < 4.78 is 4.97. The lowest BCUT2D eigenvalue weighted by Gasteiger charge is -2.26. The molecule has 0 fully saturated rings. The molecule has 20 heavy (non-hydrogen) atoms. The number of pyridine rings is 1. The van der Waals surface area contributed by atoms with Crippen LogP contribution in [0.5, 0.6) is 0 Å². The van der Waals surface area contributed by atoms with Gasteiger partial charge in [-0.2, -0.15) is 0 Å². The molecule has 110 valence electrons. The monoisotopic (exact) mass is 279 g/mol. The molecule has 0 aliphatic heterocycles. The van der Waals surface area contributed by atoms with Crippen molar-refractivity contribution in [3.05, 3.63) is 30.1 Å². The number of carboxylic acids is 1. The molecule has 1 atom stereocenters. The maximum atomic E-state index is 12.1. The third-order valence-electron chi connectivity index (χ3n) is 3.32. The summed E-state index contributed by atoms with van der Waals surface area (Å²) in [6, 6.07) is 3.67. The summed E-state index contributed by atoms with van der Waals surface area (Å²) in [6.45, 7) is 3.73. The molecule has 1 heterocycles. The number of carbonyl (C=O) groups excluding carboxylic acids is 1. The average molecular weight is 279 g/mol. The Balaban J connectivity index is 2.91. The van der Waals surface area contributed by atoms with Gasteiger partial charge >= 0.3 is 11.9 Å². The van der Waals surface area contributed by atoms with Crippen LogP contribution < -0.4 is 0 Å². The highest BCUT2D eigenvalue weighted by Gasteiger charge is 2.46. The number of hydrogen-bond acceptors (Lipinski definition) is 4. The van der Waals surface area contributed by atoms with E-state index in [1.807, 2.05) is 13.0 Å². The fourth-order valence-electron chi connectivity index (χ4n) is 2.23. The summed E-state index contributed by atoms with van der Waals surface area (Å²) in [5.41, 5.74) is -0.542. The first-order valence-electron chi connectivity index (χ1n) is 6.86. The van der Waals surface area contributed by atoms with E-state index in [0.29, 0.717) is 12.8 Å². The summed E-state index contributed by atoms with van der Waals surface area (Å²) in [5.74, 6) is -1.75. The summed E-state index contributed by atoms with van der Waals surface area (Å²) >= 11 is 0. The van der Waals surface area contributed by atoms with Gasteiger partial charge in [0.25, 0.3) is 0 Å². The van der Waals surface area contributed by atoms with Gasteiger partial charge in [0.2, 0.25) is 0 Å². The topological polar surface area (TPSA) is 76.5 Å². The zero-order chi connectivity index (χ0) is 15.0. The Morgan fingerprint density at radius 1 is 1.35 bits per heavy atom. The number of nitrogens with zero attached hydrogens (tertiary/aromatic N) is 1. The molecular weight excluding hydrogens is 258 g/mol. The van der Waals surface area contributed by atoms with Crippen LogP contribution in [-0.2, 0) is 20.7 Å². The minimum absolute atomic E-state index is 0.185. The summed E-state index contributed by atoms with van der Waals surface area (Å²) in [6.07, 6.45) is 4.94. The maximum Gasteiger partial charge on any atom is 0.323 e. The molecule has 0 bridgehead atoms. The van der Waals surface area contributed by atoms with Crippen LogP contribution in [-0.4, -0.2) is 28.6 Å². The second-order valence-corrected chi connectivity index (χ2v) is 4.72. The molecule has 0 aromatic carbocycles. The summed E-state index contributed by atoms with van der Waals surface area (Å²) in [7, 11) is 0. The Hall–Kier alpha value is -1.91. The molecule has 1 rings (SSSR count). The average Bonchev–Trinajstić information content (AvgIpc) is 2.44. The van der Waals surface area contributed by atoms with Crippen molar-refractivity contribution >= 4 is 11.9 Å². The molecule has 5 nitrogen and oxygen atoms in total. The van der Waals surface area contributed by atoms with Crippen LogP contribution in [0.4, 0.5) is 0 Å². The van der Waals surface area contributed by atoms with Crippen LogP contribution in [0.25, 0.3) is 0 Å². The third-order valence-corrected chi connectivity index (χ3v) is 3.32. The molecule has 5 heteroatoms. The highest BCUT2D eigenvalue weighted by molar-refractivity contribution is 5.99. The minimum atomic E-state index is -1.46. The molecule has 0 radical (unpaired) electrons. The molecule has 0 saturated heterocycles. The molecule has 0 aliphatic carbocycles. The number of hydrogen-bond donors (Lipinski definition) is 1. The van der Waals surface area contributed by atoms with Gasteiger partial charge in [-0.05, 0) is 37.8 Å². The number of carbonyl (C=O) groups is 2. The Kier molecular flexibility index (Phi) is 6.15. The summed E-state index contributed by atoms with van der Waals surface area (Å²) in [4.78, 5) is 27.7. The number of rotatable bonds is 8. The quantitative estimate of drug-likeness (QED) is 0.584. The van der Waals surface area contributed by atoms with Crippen LogP contribution in [0.3, 0.4) is 0 Å². The van der Waals surface area contributed by atoms with Gasteiger partial charge in [0.05, 0.1) is 6.61 Å². The number of aliphatic carboxylic acids is 1. The van der Waals surface area contributed by atoms with Crippen molar-refractivity contribution in [3.8, 4) is 0 Å². The van der Waals surface area contributed by atoms with E-state index in [4.69, 9.17) is 4.74 Å². The van der Waals surface area contributed by atoms with Gasteiger partial charge in [-0.3, -0.25) is 14.6 Å². The molecule has 1 aromatic rings. The van der Waals surface area contributed by atoms with E-state index in [1.165, 1.54) is 0 Å². The van der Waals surface area contributed by atoms with Gasteiger partial charge in [0.15, 0.2) is 5.41 Å². The van der Waals surface area contributed by atoms with Crippen molar-refractivity contribution in [3.63, 3.8) is 0 Å². The fourth-order valence-corrected chi connectivity index (χ4v) is 2.23. The van der Waals surface area contributed by atoms with E-state index in [-0.39, 0.29) is 19.4 Å². The van der Waals surface area contributed by atoms with Crippen LogP contribution in [0.2, 0.25) is 0 Å². The highest BCUT2D eigenvalue weighted by Crippen LogP contribution is 2.32. The van der Waals surface area contributed by atoms with Crippen molar-refractivity contribution in [1.82, 2.24) is 4.98 Å². The van der Waals surface area contributed by atoms with Gasteiger partial charge in [0, 0.05) is 12.4 Å². The molecule has 1 aromatic heterocycles. The van der Waals surface area contributed by atoms with E-state index in [0.717, 1.165) is 5.56 Å². The van der Waals surface area contributed by atoms with Gasteiger partial charge in [0.1, 0.15) is 0 Å². The van der Waals surface area contributed by atoms with Gasteiger partial charge in [-0.25, -0.2) is 0 Å². The molecular formula is C15H21NO4. The predicted octanol–water partition coefficient (Wildman–Crippen LogP) is 2.45. The maximum absolute atomic E-state index is 12.1. The lowest BCUT2D eigenvalue weighted by Crippen LogP contribution is -2.41. The number of carboxylic acid groups (broad SMARTS) is 1. The second kappa shape index (κ2) is 7.62. The SMILES string of the molecule is CCCC(CCc1cccnc1)(C(=O)O)C(=O)OCC. The van der Waals surface area contributed by atoms with Crippen molar-refractivity contribution < 1.29 is 19.4 Å². The molecule has 0 spiro atoms. The first-order valence-corrected chi connectivity index (χ1v) is 6.86. The van der Waals surface area contributed by atoms with Gasteiger partial charge in [-0.15, -0.1) is 0 Å². The number of aryl methyl sites for hydroxylation is 1. The van der Waals surface area contributed by atoms with Crippen LogP contribution in [0.1, 0.15) is 38.7 Å². The second-order valence-electron chi connectivity index (χ2n) is 4.72. The Bertz CT molecular complexity index is 446. The fraction of sp³-hybridized carbons (Fsp3) is 0.533. The Morgan fingerprint density at radius 2 is 2.10 bits per heavy atom. The smallest absolute Gasteiger partial charge is 0.323 e. The van der Waals surface area contributed by atoms with E-state index in [9.17, 15) is 14.7 Å². The van der Waals surface area contributed by atoms with E-state index < -0.39 is 17.4 Å². The largest absolute Gasteiger partial charge is 0.480 e. The van der Waals surface area contributed by atoms with Crippen molar-refractivity contribution in [2.75, 3.05) is 6.61 Å². The zero-order valence-electron chi connectivity index (χ0n) is 12.0. The van der Waals surface area contributed by atoms with Crippen LogP contribution in [0.15, 0.2) is 24.5 Å². The lowest BCUT2D eigenvalue weighted by molar-refractivity contribution is -0.169. The standard InChI is InChI=1S/C15H21NO4/c1-3-8-15(13(17)18,14(19)20-4-2)9-7-12-6-5-10-16-11-12/h5-6,10-11H,3-4,7-9H2,1-2H3,(H,17,18). The van der Waals surface area contributed by atoms with E-state index >= 15 is 0 Å². The Labute approximate surface area is 119 Å². The lowest BCUT2D eigenvalue weighted by atomic mass is 9.78. The summed E-state index contributed by atoms with van der Waals surface area (Å²) in [5, 5.41) is 9.51. The number of esters is 1. The van der Waals surface area contributed by atoms with Crippen LogP contribution >= 0.6 is 0 Å². The highest BCUT2D eigenvalue weighted by atomic mass is 16.5. The molecule has 0 aliphatic rings. The number of aromatic nitrogens is 1. The predicted molar refractivity (Wildman–Crippen MR) is 74.2 cm³/mol. The van der Waals surface area contributed by atoms with Crippen molar-refractivity contribution in [2.45, 2.75) is 39.5 Å². The molecule has 1 N–H and O–H groups in total. The first-order chi connectivity index (χ1) is 9.56. The first kappa shape index (κ1) is 16.1. The molecule has 0 saturated carbocycles. The number of ether oxygens (including phenoxy) is 1. The normalized spacial score (nSPS) is 13.5. The zero-order valence-corrected chi connectivity index (χ0v) is 12.0.